The van der Waals surface area contributed by atoms with Crippen LogP contribution < -0.4 is 10.1 Å². The lowest BCUT2D eigenvalue weighted by atomic mass is 10.2. The Morgan fingerprint density at radius 1 is 1.18 bits per heavy atom. The molecule has 0 aliphatic carbocycles. The molecule has 0 bridgehead atoms. The number of rotatable bonds is 8. The molecule has 0 radical (unpaired) electrons. The average molecular weight is 344 g/mol. The van der Waals surface area contributed by atoms with E-state index in [1.54, 1.807) is 7.11 Å². The topological polar surface area (TPSA) is 34.4 Å². The first-order valence-corrected chi connectivity index (χ1v) is 7.75. The van der Waals surface area contributed by atoms with Crippen molar-refractivity contribution >= 4 is 24.0 Å². The first-order valence-electron chi connectivity index (χ1n) is 7.38. The van der Waals surface area contributed by atoms with Gasteiger partial charge in [-0.3, -0.25) is 0 Å². The summed E-state index contributed by atoms with van der Waals surface area (Å²) in [4.78, 5) is 0. The second-order valence-corrected chi connectivity index (χ2v) is 5.41. The molecule has 2 aromatic rings. The third-order valence-corrected chi connectivity index (χ3v) is 3.65. The van der Waals surface area contributed by atoms with Gasteiger partial charge in [-0.1, -0.05) is 31.4 Å². The molecule has 0 atom stereocenters. The number of nitrogens with one attached hydrogen (secondary N) is 1. The number of hydrogen-bond acceptors (Lipinski definition) is 3. The van der Waals surface area contributed by atoms with E-state index in [2.05, 4.69) is 12.2 Å². The van der Waals surface area contributed by atoms with Crippen molar-refractivity contribution < 1.29 is 9.15 Å². The van der Waals surface area contributed by atoms with Gasteiger partial charge < -0.3 is 14.5 Å². The van der Waals surface area contributed by atoms with E-state index in [4.69, 9.17) is 20.8 Å². The maximum Gasteiger partial charge on any atom is 0.137 e. The Bertz CT molecular complexity index is 570. The molecule has 2 rings (SSSR count). The lowest BCUT2D eigenvalue weighted by Gasteiger charge is -2.04. The Labute approximate surface area is 143 Å². The van der Waals surface area contributed by atoms with Crippen LogP contribution >= 0.6 is 24.0 Å². The minimum atomic E-state index is 0. The summed E-state index contributed by atoms with van der Waals surface area (Å²) in [7, 11) is 1.61. The highest BCUT2D eigenvalue weighted by Crippen LogP contribution is 2.31. The van der Waals surface area contributed by atoms with Crippen molar-refractivity contribution in [1.29, 1.82) is 0 Å². The van der Waals surface area contributed by atoms with Gasteiger partial charge in [-0.05, 0) is 43.3 Å². The molecule has 0 saturated heterocycles. The molecule has 1 aromatic heterocycles. The van der Waals surface area contributed by atoms with Gasteiger partial charge in [0.2, 0.25) is 0 Å². The lowest BCUT2D eigenvalue weighted by molar-refractivity contribution is 0.415. The number of unbranched alkanes of at least 4 members (excludes halogenated alkanes) is 2. The van der Waals surface area contributed by atoms with Crippen LogP contribution in [0.1, 0.15) is 31.9 Å². The third kappa shape index (κ3) is 5.24. The van der Waals surface area contributed by atoms with Gasteiger partial charge >= 0.3 is 0 Å². The second-order valence-electron chi connectivity index (χ2n) is 5.00. The summed E-state index contributed by atoms with van der Waals surface area (Å²) >= 11 is 6.14. The van der Waals surface area contributed by atoms with Crippen molar-refractivity contribution in [2.45, 2.75) is 32.7 Å². The molecule has 0 unspecified atom stereocenters. The van der Waals surface area contributed by atoms with Crippen LogP contribution in [-0.4, -0.2) is 13.7 Å². The summed E-state index contributed by atoms with van der Waals surface area (Å²) in [6, 6.07) is 9.63. The van der Waals surface area contributed by atoms with Crippen molar-refractivity contribution in [1.82, 2.24) is 5.32 Å². The van der Waals surface area contributed by atoms with E-state index >= 15 is 0 Å². The van der Waals surface area contributed by atoms with Gasteiger partial charge in [0.05, 0.1) is 18.7 Å². The molecule has 0 fully saturated rings. The molecule has 0 spiro atoms. The van der Waals surface area contributed by atoms with Crippen molar-refractivity contribution in [2.24, 2.45) is 0 Å². The lowest BCUT2D eigenvalue weighted by Crippen LogP contribution is -2.13. The zero-order chi connectivity index (χ0) is 15.1. The summed E-state index contributed by atoms with van der Waals surface area (Å²) < 4.78 is 11.0. The molecule has 1 aromatic carbocycles. The smallest absolute Gasteiger partial charge is 0.137 e. The molecule has 3 nitrogen and oxygen atoms in total. The van der Waals surface area contributed by atoms with Gasteiger partial charge in [-0.15, -0.1) is 12.4 Å². The second kappa shape index (κ2) is 9.78. The van der Waals surface area contributed by atoms with E-state index in [0.717, 1.165) is 30.2 Å². The number of hydrogen-bond donors (Lipinski definition) is 1. The summed E-state index contributed by atoms with van der Waals surface area (Å²) in [6.07, 6.45) is 3.71. The van der Waals surface area contributed by atoms with E-state index < -0.39 is 0 Å². The van der Waals surface area contributed by atoms with Crippen LogP contribution in [0.5, 0.6) is 5.75 Å². The van der Waals surface area contributed by atoms with E-state index in [1.807, 2.05) is 30.3 Å². The Morgan fingerprint density at radius 3 is 2.68 bits per heavy atom. The van der Waals surface area contributed by atoms with Crippen LogP contribution in [0, 0.1) is 0 Å². The zero-order valence-corrected chi connectivity index (χ0v) is 14.6. The van der Waals surface area contributed by atoms with Gasteiger partial charge in [-0.2, -0.15) is 0 Å². The summed E-state index contributed by atoms with van der Waals surface area (Å²) in [5, 5.41) is 3.98. The van der Waals surface area contributed by atoms with Crippen LogP contribution in [0.3, 0.4) is 0 Å². The van der Waals surface area contributed by atoms with E-state index in [1.165, 1.54) is 19.3 Å². The van der Waals surface area contributed by atoms with Crippen molar-refractivity contribution in [3.63, 3.8) is 0 Å². The molecule has 122 valence electrons. The fourth-order valence-electron chi connectivity index (χ4n) is 2.16. The van der Waals surface area contributed by atoms with E-state index in [9.17, 15) is 0 Å². The van der Waals surface area contributed by atoms with Gasteiger partial charge in [0.25, 0.3) is 0 Å². The molecule has 0 saturated carbocycles. The monoisotopic (exact) mass is 343 g/mol. The highest BCUT2D eigenvalue weighted by atomic mass is 35.5. The van der Waals surface area contributed by atoms with Gasteiger partial charge in [0, 0.05) is 5.56 Å². The molecular formula is C17H23Cl2NO2. The first-order chi connectivity index (χ1) is 10.2. The Hall–Kier alpha value is -1.16. The van der Waals surface area contributed by atoms with Crippen molar-refractivity contribution in [3.8, 4) is 17.1 Å². The molecule has 5 heteroatoms. The Kier molecular flexibility index (Phi) is 8.39. The molecule has 22 heavy (non-hydrogen) atoms. The van der Waals surface area contributed by atoms with Gasteiger partial charge in [-0.25, -0.2) is 0 Å². The minimum absolute atomic E-state index is 0. The van der Waals surface area contributed by atoms with Gasteiger partial charge in [0.1, 0.15) is 17.3 Å². The molecule has 0 aliphatic heterocycles. The zero-order valence-electron chi connectivity index (χ0n) is 13.0. The van der Waals surface area contributed by atoms with Crippen LogP contribution in [-0.2, 0) is 6.54 Å². The molecule has 1 heterocycles. The van der Waals surface area contributed by atoms with Crippen molar-refractivity contribution in [3.05, 3.63) is 41.1 Å². The van der Waals surface area contributed by atoms with E-state index in [0.29, 0.717) is 10.8 Å². The molecular weight excluding hydrogens is 321 g/mol. The van der Waals surface area contributed by atoms with Crippen molar-refractivity contribution in [2.75, 3.05) is 13.7 Å². The summed E-state index contributed by atoms with van der Waals surface area (Å²) in [5.41, 5.74) is 0.957. The van der Waals surface area contributed by atoms with E-state index in [-0.39, 0.29) is 12.4 Å². The Balaban J connectivity index is 0.00000242. The van der Waals surface area contributed by atoms with Gasteiger partial charge in [0.15, 0.2) is 0 Å². The quantitative estimate of drug-likeness (QED) is 0.659. The highest BCUT2D eigenvalue weighted by Gasteiger charge is 2.08. The van der Waals surface area contributed by atoms with Crippen LogP contribution in [0.2, 0.25) is 5.02 Å². The minimum Gasteiger partial charge on any atom is -0.495 e. The fraction of sp³-hybridized carbons (Fsp3) is 0.412. The fourth-order valence-corrected chi connectivity index (χ4v) is 2.42. The maximum absolute atomic E-state index is 6.14. The maximum atomic E-state index is 6.14. The average Bonchev–Trinajstić information content (AvgIpc) is 2.96. The normalized spacial score (nSPS) is 10.3. The molecule has 0 amide bonds. The largest absolute Gasteiger partial charge is 0.495 e. The summed E-state index contributed by atoms with van der Waals surface area (Å²) in [5.74, 6) is 2.43. The first kappa shape index (κ1) is 18.9. The standard InChI is InChI=1S/C17H22ClNO2.ClH/c1-3-4-5-10-19-12-14-7-9-16(21-14)13-6-8-17(20-2)15(18)11-13;/h6-9,11,19H,3-5,10,12H2,1-2H3;1H. The summed E-state index contributed by atoms with van der Waals surface area (Å²) in [6.45, 7) is 3.99. The third-order valence-electron chi connectivity index (χ3n) is 3.35. The van der Waals surface area contributed by atoms with Crippen LogP contribution in [0.15, 0.2) is 34.7 Å². The van der Waals surface area contributed by atoms with Crippen LogP contribution in [0.25, 0.3) is 11.3 Å². The highest BCUT2D eigenvalue weighted by molar-refractivity contribution is 6.32. The number of ether oxygens (including phenoxy) is 1. The molecule has 0 aliphatic rings. The number of benzene rings is 1. The SMILES string of the molecule is CCCCCNCc1ccc(-c2ccc(OC)c(Cl)c2)o1.Cl. The molecule has 1 N–H and O–H groups in total. The van der Waals surface area contributed by atoms with Crippen LogP contribution in [0.4, 0.5) is 0 Å². The predicted octanol–water partition coefficient (Wildman–Crippen LogP) is 5.31. The number of methoxy groups -OCH3 is 1. The Morgan fingerprint density at radius 2 is 2.00 bits per heavy atom. The predicted molar refractivity (Wildman–Crippen MR) is 94.2 cm³/mol. The number of furan rings is 1. The number of halogens is 2.